The summed E-state index contributed by atoms with van der Waals surface area (Å²) < 4.78 is 375. The van der Waals surface area contributed by atoms with Gasteiger partial charge in [0.05, 0.1) is 39.8 Å². The van der Waals surface area contributed by atoms with E-state index in [1.807, 2.05) is 0 Å². The molecule has 10 rings (SSSR count). The molecule has 1 heteroatoms. The maximum atomic E-state index is 9.98. The highest BCUT2D eigenvalue weighted by atomic mass is 15.1. The Bertz CT molecular complexity index is 4720. The Morgan fingerprint density at radius 2 is 0.981 bits per heavy atom. The lowest BCUT2D eigenvalue weighted by atomic mass is 9.67. The van der Waals surface area contributed by atoms with Crippen molar-refractivity contribution >= 4 is 27.8 Å². The molecule has 8 aromatic rings. The number of anilines is 3. The van der Waals surface area contributed by atoms with Crippen LogP contribution in [0, 0.1) is 0 Å². The number of hydrogen-bond acceptors (Lipinski definition) is 1. The maximum Gasteiger partial charge on any atom is 0.0648 e. The third-order valence-corrected chi connectivity index (χ3v) is 8.76. The molecule has 53 heavy (non-hydrogen) atoms. The molecular formula is C52H41N. The molecule has 2 aliphatic rings. The molecule has 0 unspecified atom stereocenters. The Morgan fingerprint density at radius 3 is 1.77 bits per heavy atom. The second kappa shape index (κ2) is 11.7. The van der Waals surface area contributed by atoms with Crippen LogP contribution in [-0.2, 0) is 10.8 Å². The molecule has 2 aliphatic carbocycles. The van der Waals surface area contributed by atoms with Crippen LogP contribution in [0.1, 0.15) is 106 Å². The second-order valence-electron chi connectivity index (χ2n) is 11.8. The lowest BCUT2D eigenvalue weighted by Crippen LogP contribution is -2.24. The molecule has 0 bridgehead atoms. The molecule has 0 atom stereocenters. The van der Waals surface area contributed by atoms with Crippen molar-refractivity contribution in [3.63, 3.8) is 0 Å². The topological polar surface area (TPSA) is 3.24 Å². The molecule has 0 aliphatic heterocycles. The van der Waals surface area contributed by atoms with Gasteiger partial charge in [0.2, 0.25) is 0 Å². The Hall–Kier alpha value is -6.18. The fraction of sp³-hybridized carbons (Fsp3) is 0.115. The first-order chi connectivity index (χ1) is 42.9. The van der Waals surface area contributed by atoms with Gasteiger partial charge in [0, 0.05) is 44.3 Å². The van der Waals surface area contributed by atoms with Gasteiger partial charge in [-0.2, -0.15) is 0 Å². The standard InChI is InChI=1S/C52H41N/c1-51(2)45-20-12-11-19-42(45)43-31-28-40(33-48(43)51)53(38-17-9-6-10-18-38)39-26-22-35(23-27-39)41-29-24-36-16-13-21-46-49(36)50(41)44-30-25-37(32-47(44)52(46,3)4)34-14-7-5-8-15-34/h5-33H,1-4H3/i1D3,2D3,3D3,4D3,5D,6D,7D,8D,9D,10D,11D,12D,13D,14D,15D,16D,17D,18D,19D,20D,21D,22D,23D,24D,25D,26D,27D,28D,29D,30D,31D,32D,33D. The number of rotatable bonds is 5. The summed E-state index contributed by atoms with van der Waals surface area (Å²) in [5.74, 6) is 0. The average Bonchev–Trinajstić information content (AvgIpc) is 0.919. The Balaban J connectivity index is 1.47. The molecule has 0 amide bonds. The zero-order valence-electron chi connectivity index (χ0n) is 67.4. The van der Waals surface area contributed by atoms with Crippen LogP contribution in [0.4, 0.5) is 17.1 Å². The van der Waals surface area contributed by atoms with Crippen molar-refractivity contribution in [2.45, 2.75) is 38.2 Å². The van der Waals surface area contributed by atoms with Crippen LogP contribution in [-0.4, -0.2) is 0 Å². The van der Waals surface area contributed by atoms with Crippen molar-refractivity contribution in [1.29, 1.82) is 0 Å². The van der Waals surface area contributed by atoms with E-state index in [2.05, 4.69) is 0 Å². The molecule has 0 saturated carbocycles. The van der Waals surface area contributed by atoms with Gasteiger partial charge < -0.3 is 4.90 Å². The van der Waals surface area contributed by atoms with Gasteiger partial charge in [-0.15, -0.1) is 0 Å². The van der Waals surface area contributed by atoms with Crippen molar-refractivity contribution in [3.8, 4) is 44.5 Å². The van der Waals surface area contributed by atoms with E-state index in [0.717, 1.165) is 0 Å². The van der Waals surface area contributed by atoms with Crippen LogP contribution in [0.3, 0.4) is 0 Å². The minimum Gasteiger partial charge on any atom is -0.310 e. The number of nitrogens with zero attached hydrogens (tertiary/aromatic N) is 1. The summed E-state index contributed by atoms with van der Waals surface area (Å²) in [6.45, 7) is -16.6. The van der Waals surface area contributed by atoms with E-state index in [9.17, 15) is 20.6 Å². The predicted octanol–water partition coefficient (Wildman–Crippen LogP) is 14.3. The molecule has 1 nitrogen and oxygen atoms in total. The van der Waals surface area contributed by atoms with Crippen LogP contribution in [0.25, 0.3) is 55.3 Å². The van der Waals surface area contributed by atoms with E-state index in [1.54, 1.807) is 0 Å². The molecule has 0 aromatic heterocycles. The lowest BCUT2D eigenvalue weighted by molar-refractivity contribution is 0.645. The highest BCUT2D eigenvalue weighted by Crippen LogP contribution is 2.53. The summed E-state index contributed by atoms with van der Waals surface area (Å²) in [6, 6.07) is -38.5. The van der Waals surface area contributed by atoms with E-state index in [1.165, 1.54) is 0 Å². The van der Waals surface area contributed by atoms with Crippen molar-refractivity contribution in [1.82, 2.24) is 0 Å². The van der Waals surface area contributed by atoms with E-state index in [-0.39, 0.29) is 4.90 Å². The number of hydrogen-bond donors (Lipinski definition) is 0. The van der Waals surface area contributed by atoms with Crippen LogP contribution >= 0.6 is 0 Å². The Labute approximate surface area is 370 Å². The minimum absolute atomic E-state index is 0.0848. The minimum atomic E-state index is -4.20. The van der Waals surface area contributed by atoms with Gasteiger partial charge >= 0.3 is 0 Å². The van der Waals surface area contributed by atoms with E-state index in [0.29, 0.717) is 0 Å². The fourth-order valence-corrected chi connectivity index (χ4v) is 6.40. The van der Waals surface area contributed by atoms with Gasteiger partial charge in [-0.3, -0.25) is 0 Å². The number of para-hydroxylation sites is 1. The van der Waals surface area contributed by atoms with Gasteiger partial charge in [-0.05, 0) is 120 Å². The van der Waals surface area contributed by atoms with Gasteiger partial charge in [0.25, 0.3) is 0 Å². The van der Waals surface area contributed by atoms with Crippen molar-refractivity contribution in [3.05, 3.63) is 197 Å². The largest absolute Gasteiger partial charge is 0.310 e. The number of benzene rings is 8. The third kappa shape index (κ3) is 4.77. The van der Waals surface area contributed by atoms with Gasteiger partial charge in [0.1, 0.15) is 0 Å². The van der Waals surface area contributed by atoms with Crippen molar-refractivity contribution < 1.29 is 56.2 Å². The molecule has 0 saturated heterocycles. The molecular weight excluding hydrogens is 639 g/mol. The summed E-state index contributed by atoms with van der Waals surface area (Å²) in [4.78, 5) is 0.0848. The summed E-state index contributed by atoms with van der Waals surface area (Å²) in [5, 5.41) is -2.14. The van der Waals surface area contributed by atoms with Crippen LogP contribution in [0.15, 0.2) is 175 Å². The smallest absolute Gasteiger partial charge is 0.0648 e. The first-order valence-electron chi connectivity index (χ1n) is 35.9. The number of fused-ring (bicyclic) bond motifs is 5. The van der Waals surface area contributed by atoms with Crippen molar-refractivity contribution in [2.75, 3.05) is 4.90 Å². The third-order valence-electron chi connectivity index (χ3n) is 8.76. The second-order valence-corrected chi connectivity index (χ2v) is 11.8. The van der Waals surface area contributed by atoms with Crippen LogP contribution < -0.4 is 4.90 Å². The molecule has 254 valence electrons. The summed E-state index contributed by atoms with van der Waals surface area (Å²) >= 11 is 0. The quantitative estimate of drug-likeness (QED) is 0.171. The normalized spacial score (nSPS) is 26.3. The molecule has 0 fully saturated rings. The van der Waals surface area contributed by atoms with Gasteiger partial charge in [0.15, 0.2) is 0 Å². The summed E-state index contributed by atoms with van der Waals surface area (Å²) in [7, 11) is 0. The Morgan fingerprint density at radius 1 is 0.396 bits per heavy atom. The highest BCUT2D eigenvalue weighted by Gasteiger charge is 2.37. The Kier molecular flexibility index (Phi) is 2.31. The SMILES string of the molecule is [2H]c1c([2H])c([2H])c(-c2c([2H])c([2H])c3c(c2[2H])C(C([2H])([2H])[2H])(C([2H])([2H])[2H])c2c([2H])c([2H])c([2H])c4c([2H])c([2H])c(-c5c([2H])c([2H])c(N(c6c([2H])c([2H])c([2H])c([2H])c6[2H])c6c([2H])c([2H])c7c(c6[2H])C(C([2H])([2H])[2H])(C([2H])([2H])[2H])c6c([2H])c([2H])c([2H])c([2H])c6-7)c([2H])c5[2H])c-3c24)c([2H])c1[2H]. The first kappa shape index (κ1) is 10.5. The highest BCUT2D eigenvalue weighted by molar-refractivity contribution is 6.09. The molecule has 8 aromatic carbocycles. The summed E-state index contributed by atoms with van der Waals surface area (Å²) in [5.41, 5.74) is -26.7. The van der Waals surface area contributed by atoms with Crippen molar-refractivity contribution in [2.24, 2.45) is 0 Å². The zero-order chi connectivity index (χ0) is 71.1. The van der Waals surface area contributed by atoms with Crippen LogP contribution in [0.2, 0.25) is 0 Å². The van der Waals surface area contributed by atoms with E-state index >= 15 is 0 Å². The monoisotopic (exact) mass is 721 g/mol. The van der Waals surface area contributed by atoms with E-state index < -0.39 is 308 Å². The van der Waals surface area contributed by atoms with E-state index in [4.69, 9.17) is 35.6 Å². The van der Waals surface area contributed by atoms with Gasteiger partial charge in [-0.1, -0.05) is 160 Å². The zero-order valence-corrected chi connectivity index (χ0v) is 26.4. The molecule has 0 spiro atoms. The first-order valence-corrected chi connectivity index (χ1v) is 15.4. The molecule has 0 N–H and O–H groups in total. The predicted molar refractivity (Wildman–Crippen MR) is 225 cm³/mol. The average molecular weight is 721 g/mol. The van der Waals surface area contributed by atoms with Gasteiger partial charge in [-0.25, -0.2) is 0 Å². The molecule has 0 heterocycles. The van der Waals surface area contributed by atoms with Crippen LogP contribution in [0.5, 0.6) is 0 Å². The maximum absolute atomic E-state index is 9.98. The molecule has 0 radical (unpaired) electrons. The fourth-order valence-electron chi connectivity index (χ4n) is 6.40. The lowest BCUT2D eigenvalue weighted by Gasteiger charge is -2.36. The summed E-state index contributed by atoms with van der Waals surface area (Å²) in [6.07, 6.45) is 0.